The molecule has 0 saturated heterocycles. The maximum Gasteiger partial charge on any atom is 0.257 e. The number of hydrogen-bond donors (Lipinski definition) is 1. The van der Waals surface area contributed by atoms with Gasteiger partial charge in [0, 0.05) is 12.6 Å². The molecule has 2 N–H and O–H groups in total. The predicted molar refractivity (Wildman–Crippen MR) is 78.2 cm³/mol. The van der Waals surface area contributed by atoms with E-state index in [1.807, 2.05) is 0 Å². The zero-order valence-corrected chi connectivity index (χ0v) is 11.7. The minimum Gasteiger partial charge on any atom is -0.494 e. The van der Waals surface area contributed by atoms with Crippen LogP contribution in [0.25, 0.3) is 0 Å². The highest BCUT2D eigenvalue weighted by atomic mass is 16.5. The summed E-state index contributed by atoms with van der Waals surface area (Å²) in [5, 5.41) is 2.74. The monoisotopic (exact) mass is 291 g/mol. The Labute approximate surface area is 122 Å². The molecule has 0 unspecified atom stereocenters. The molecule has 112 valence electrons. The molecule has 0 aliphatic rings. The largest absolute Gasteiger partial charge is 0.494 e. The summed E-state index contributed by atoms with van der Waals surface area (Å²) in [6, 6.07) is 6.88. The number of nitrogens with zero attached hydrogens (tertiary/aromatic N) is 2. The van der Waals surface area contributed by atoms with E-state index in [2.05, 4.69) is 10.2 Å². The molecule has 0 fully saturated rings. The Morgan fingerprint density at radius 3 is 2.57 bits per heavy atom. The number of aliphatic imine (C=N–C) groups is 1. The van der Waals surface area contributed by atoms with Crippen molar-refractivity contribution >= 4 is 18.0 Å². The van der Waals surface area contributed by atoms with Crippen molar-refractivity contribution in [3.63, 3.8) is 0 Å². The summed E-state index contributed by atoms with van der Waals surface area (Å²) in [5.74, 6) is -1.57. The highest BCUT2D eigenvalue weighted by Crippen LogP contribution is 2.11. The first-order valence-corrected chi connectivity index (χ1v) is 6.44. The fourth-order valence-electron chi connectivity index (χ4n) is 1.34. The molecule has 1 atom stereocenters. The molecule has 1 aromatic rings. The fraction of sp³-hybridized carbons (Fsp3) is 0.357. The molecule has 0 aliphatic carbocycles. The summed E-state index contributed by atoms with van der Waals surface area (Å²) in [4.78, 5) is 35.9. The maximum atomic E-state index is 11.5. The number of ether oxygens (including phenoxy) is 1. The van der Waals surface area contributed by atoms with Crippen LogP contribution in [0.5, 0.6) is 5.75 Å². The van der Waals surface area contributed by atoms with Crippen LogP contribution >= 0.6 is 0 Å². The second-order valence-electron chi connectivity index (χ2n) is 4.34. The molecule has 0 aromatic heterocycles. The van der Waals surface area contributed by atoms with Crippen LogP contribution in [0.2, 0.25) is 0 Å². The van der Waals surface area contributed by atoms with E-state index >= 15 is 0 Å². The first-order valence-electron chi connectivity index (χ1n) is 6.44. The van der Waals surface area contributed by atoms with Gasteiger partial charge in [-0.3, -0.25) is 9.59 Å². The van der Waals surface area contributed by atoms with Crippen LogP contribution in [0.3, 0.4) is 0 Å². The Balaban J connectivity index is 2.52. The Hall–Kier alpha value is -2.57. The van der Waals surface area contributed by atoms with Crippen molar-refractivity contribution in [2.24, 2.45) is 21.8 Å². The Morgan fingerprint density at radius 1 is 1.33 bits per heavy atom. The number of hydrogen-bond acceptors (Lipinski definition) is 5. The van der Waals surface area contributed by atoms with Gasteiger partial charge in [-0.25, -0.2) is 4.99 Å². The first-order chi connectivity index (χ1) is 10.0. The van der Waals surface area contributed by atoms with Crippen molar-refractivity contribution < 1.29 is 14.3 Å². The third kappa shape index (κ3) is 5.94. The highest BCUT2D eigenvalue weighted by molar-refractivity contribution is 6.03. The number of benzene rings is 1. The lowest BCUT2D eigenvalue weighted by Crippen LogP contribution is -2.26. The van der Waals surface area contributed by atoms with Crippen molar-refractivity contribution in [1.29, 1.82) is 0 Å². The van der Waals surface area contributed by atoms with E-state index in [4.69, 9.17) is 10.5 Å². The molecule has 0 radical (unpaired) electrons. The van der Waals surface area contributed by atoms with Gasteiger partial charge in [0.05, 0.1) is 13.2 Å². The number of carbonyl (C=O) groups excluding carboxylic acids is 2. The van der Waals surface area contributed by atoms with E-state index in [1.54, 1.807) is 24.3 Å². The minimum absolute atomic E-state index is 0.227. The maximum absolute atomic E-state index is 11.5. The van der Waals surface area contributed by atoms with Crippen LogP contribution in [-0.4, -0.2) is 31.2 Å². The van der Waals surface area contributed by atoms with Crippen LogP contribution in [0.1, 0.15) is 18.9 Å². The Bertz CT molecular complexity index is 526. The van der Waals surface area contributed by atoms with E-state index in [1.165, 1.54) is 13.1 Å². The molecular formula is C14H17N3O4. The van der Waals surface area contributed by atoms with Crippen molar-refractivity contribution in [3.05, 3.63) is 34.7 Å². The molecule has 0 spiro atoms. The minimum atomic E-state index is -0.935. The topological polar surface area (TPSA) is 111 Å². The van der Waals surface area contributed by atoms with Crippen molar-refractivity contribution in [1.82, 2.24) is 0 Å². The molecule has 1 rings (SSSR count). The van der Waals surface area contributed by atoms with Crippen LogP contribution in [0.15, 0.2) is 34.4 Å². The smallest absolute Gasteiger partial charge is 0.257 e. The molecule has 1 aromatic carbocycles. The third-order valence-corrected chi connectivity index (χ3v) is 2.68. The van der Waals surface area contributed by atoms with Gasteiger partial charge in [-0.2, -0.15) is 4.91 Å². The van der Waals surface area contributed by atoms with Crippen LogP contribution in [0.4, 0.5) is 0 Å². The van der Waals surface area contributed by atoms with Gasteiger partial charge in [0.25, 0.3) is 5.91 Å². The molecule has 0 aliphatic heterocycles. The number of rotatable bonds is 8. The van der Waals surface area contributed by atoms with E-state index in [0.717, 1.165) is 0 Å². The van der Waals surface area contributed by atoms with Gasteiger partial charge in [-0.15, -0.1) is 0 Å². The Kier molecular flexibility index (Phi) is 6.73. The van der Waals surface area contributed by atoms with Crippen molar-refractivity contribution in [2.45, 2.75) is 13.3 Å². The van der Waals surface area contributed by atoms with Crippen molar-refractivity contribution in [3.8, 4) is 5.75 Å². The van der Waals surface area contributed by atoms with Gasteiger partial charge in [0.15, 0.2) is 0 Å². The predicted octanol–water partition coefficient (Wildman–Crippen LogP) is 1.29. The average Bonchev–Trinajstić information content (AvgIpc) is 2.49. The highest BCUT2D eigenvalue weighted by Gasteiger charge is 2.16. The summed E-state index contributed by atoms with van der Waals surface area (Å²) in [5.41, 5.74) is 5.71. The van der Waals surface area contributed by atoms with Gasteiger partial charge >= 0.3 is 0 Å². The summed E-state index contributed by atoms with van der Waals surface area (Å²) in [7, 11) is 0. The second-order valence-corrected chi connectivity index (χ2v) is 4.34. The quantitative estimate of drug-likeness (QED) is 0.336. The van der Waals surface area contributed by atoms with Gasteiger partial charge in [-0.1, -0.05) is 5.18 Å². The molecule has 0 heterocycles. The molecule has 7 heteroatoms. The van der Waals surface area contributed by atoms with Gasteiger partial charge in [0.1, 0.15) is 11.7 Å². The number of nitroso groups, excluding NO2 is 1. The standard InChI is InChI=1S/C14H17N3O4/c1-10(13(15)18)14(19)16-9-11-3-5-12(6-4-11)21-8-2-7-17-20/h3-6,9-10H,2,7-8H2,1H3,(H2,15,18)/t10-/m0/s1. The van der Waals surface area contributed by atoms with Crippen LogP contribution < -0.4 is 10.5 Å². The van der Waals surface area contributed by atoms with Crippen LogP contribution in [-0.2, 0) is 9.59 Å². The van der Waals surface area contributed by atoms with E-state index in [-0.39, 0.29) is 6.54 Å². The van der Waals surface area contributed by atoms with E-state index in [9.17, 15) is 14.5 Å². The molecule has 0 bridgehead atoms. The number of nitrogens with two attached hydrogens (primary N) is 1. The lowest BCUT2D eigenvalue weighted by atomic mass is 10.1. The molecular weight excluding hydrogens is 274 g/mol. The summed E-state index contributed by atoms with van der Waals surface area (Å²) in [6.07, 6.45) is 1.92. The van der Waals surface area contributed by atoms with Crippen LogP contribution in [0, 0.1) is 10.8 Å². The molecule has 2 amide bonds. The van der Waals surface area contributed by atoms with Gasteiger partial charge in [-0.05, 0) is 36.8 Å². The fourth-order valence-corrected chi connectivity index (χ4v) is 1.34. The molecule has 0 saturated carbocycles. The average molecular weight is 291 g/mol. The molecule has 7 nitrogen and oxygen atoms in total. The summed E-state index contributed by atoms with van der Waals surface area (Å²) >= 11 is 0. The molecule has 21 heavy (non-hydrogen) atoms. The second kappa shape index (κ2) is 8.57. The zero-order valence-electron chi connectivity index (χ0n) is 11.7. The lowest BCUT2D eigenvalue weighted by molar-refractivity contribution is -0.130. The van der Waals surface area contributed by atoms with Crippen molar-refractivity contribution in [2.75, 3.05) is 13.2 Å². The zero-order chi connectivity index (χ0) is 15.7. The van der Waals surface area contributed by atoms with Gasteiger partial charge < -0.3 is 10.5 Å². The summed E-state index contributed by atoms with van der Waals surface area (Å²) < 4.78 is 5.39. The number of primary amides is 1. The number of carbonyl (C=O) groups is 2. The first kappa shape index (κ1) is 16.5. The lowest BCUT2D eigenvalue weighted by Gasteiger charge is -2.04. The number of amides is 2. The SMILES string of the molecule is C[C@@H](C(N)=O)C(=O)N=Cc1ccc(OCCCN=O)cc1. The summed E-state index contributed by atoms with van der Waals surface area (Å²) in [6.45, 7) is 2.05. The third-order valence-electron chi connectivity index (χ3n) is 2.68. The normalized spacial score (nSPS) is 12.0. The van der Waals surface area contributed by atoms with E-state index in [0.29, 0.717) is 24.3 Å². The van der Waals surface area contributed by atoms with E-state index < -0.39 is 17.7 Å². The Morgan fingerprint density at radius 2 is 2.00 bits per heavy atom. The van der Waals surface area contributed by atoms with Gasteiger partial charge in [0.2, 0.25) is 5.91 Å².